The Balaban J connectivity index is 2.69. The molecule has 2 N–H and O–H groups in total. The van der Waals surface area contributed by atoms with Crippen LogP contribution in [0.3, 0.4) is 0 Å². The molecular formula is C12H9ClO3. The summed E-state index contributed by atoms with van der Waals surface area (Å²) in [4.78, 5) is 10.7. The minimum atomic E-state index is -0.974. The average molecular weight is 237 g/mol. The summed E-state index contributed by atoms with van der Waals surface area (Å²) in [6.07, 6.45) is -0.204. The predicted octanol–water partition coefficient (Wildman–Crippen LogP) is 2.83. The zero-order valence-electron chi connectivity index (χ0n) is 8.27. The molecule has 0 fully saturated rings. The van der Waals surface area contributed by atoms with Crippen molar-refractivity contribution in [2.45, 2.75) is 6.42 Å². The maximum absolute atomic E-state index is 10.7. The first kappa shape index (κ1) is 10.8. The zero-order chi connectivity index (χ0) is 11.7. The fourth-order valence-electron chi connectivity index (χ4n) is 1.69. The number of phenols is 1. The van der Waals surface area contributed by atoms with Crippen LogP contribution >= 0.6 is 11.6 Å². The first-order chi connectivity index (χ1) is 7.58. The molecule has 0 heterocycles. The third kappa shape index (κ3) is 1.95. The van der Waals surface area contributed by atoms with Crippen LogP contribution in [-0.4, -0.2) is 16.2 Å². The van der Waals surface area contributed by atoms with Gasteiger partial charge in [-0.05, 0) is 29.0 Å². The molecule has 3 nitrogen and oxygen atoms in total. The van der Waals surface area contributed by atoms with Gasteiger partial charge in [-0.25, -0.2) is 0 Å². The molecule has 0 amide bonds. The summed E-state index contributed by atoms with van der Waals surface area (Å²) >= 11 is 5.84. The van der Waals surface area contributed by atoms with E-state index in [0.717, 1.165) is 5.39 Å². The number of rotatable bonds is 2. The number of fused-ring (bicyclic) bond motifs is 1. The highest BCUT2D eigenvalue weighted by atomic mass is 35.5. The maximum atomic E-state index is 10.7. The van der Waals surface area contributed by atoms with Gasteiger partial charge < -0.3 is 10.2 Å². The van der Waals surface area contributed by atoms with Gasteiger partial charge in [-0.2, -0.15) is 0 Å². The summed E-state index contributed by atoms with van der Waals surface area (Å²) in [5.41, 5.74) is 0.418. The molecule has 0 aromatic heterocycles. The Morgan fingerprint density at radius 3 is 2.69 bits per heavy atom. The van der Waals surface area contributed by atoms with E-state index in [2.05, 4.69) is 0 Å². The molecule has 0 saturated carbocycles. The molecule has 82 valence electrons. The van der Waals surface area contributed by atoms with Crippen molar-refractivity contribution in [3.05, 3.63) is 40.9 Å². The van der Waals surface area contributed by atoms with Gasteiger partial charge in [-0.1, -0.05) is 23.7 Å². The number of hydrogen-bond donors (Lipinski definition) is 2. The van der Waals surface area contributed by atoms with E-state index < -0.39 is 5.97 Å². The number of phenolic OH excluding ortho intramolecular Hbond substituents is 1. The van der Waals surface area contributed by atoms with Gasteiger partial charge >= 0.3 is 5.97 Å². The average Bonchev–Trinajstić information content (AvgIpc) is 2.22. The first-order valence-electron chi connectivity index (χ1n) is 4.70. The molecule has 0 radical (unpaired) electrons. The van der Waals surface area contributed by atoms with E-state index in [0.29, 0.717) is 16.0 Å². The lowest BCUT2D eigenvalue weighted by atomic mass is 10.0. The highest BCUT2D eigenvalue weighted by molar-refractivity contribution is 6.31. The molecule has 0 unspecified atom stereocenters. The second kappa shape index (κ2) is 4.02. The van der Waals surface area contributed by atoms with Crippen LogP contribution in [-0.2, 0) is 11.2 Å². The zero-order valence-corrected chi connectivity index (χ0v) is 9.03. The Hall–Kier alpha value is -1.74. The van der Waals surface area contributed by atoms with E-state index in [4.69, 9.17) is 16.7 Å². The monoisotopic (exact) mass is 236 g/mol. The number of halogens is 1. The summed E-state index contributed by atoms with van der Waals surface area (Å²) in [6, 6.07) is 8.32. The van der Waals surface area contributed by atoms with Gasteiger partial charge in [0.2, 0.25) is 0 Å². The molecule has 0 saturated heterocycles. The molecule has 0 aliphatic rings. The minimum absolute atomic E-state index is 0.00257. The van der Waals surface area contributed by atoms with Crippen molar-refractivity contribution in [3.63, 3.8) is 0 Å². The lowest BCUT2D eigenvalue weighted by molar-refractivity contribution is -0.136. The SMILES string of the molecule is O=C(O)Cc1c(O)ccc2cc(Cl)ccc12. The summed E-state index contributed by atoms with van der Waals surface area (Å²) < 4.78 is 0. The Kier molecular flexibility index (Phi) is 2.71. The Bertz CT molecular complexity index is 563. The van der Waals surface area contributed by atoms with Crippen LogP contribution < -0.4 is 0 Å². The van der Waals surface area contributed by atoms with Crippen molar-refractivity contribution in [2.75, 3.05) is 0 Å². The van der Waals surface area contributed by atoms with Gasteiger partial charge in [0.1, 0.15) is 5.75 Å². The van der Waals surface area contributed by atoms with Crippen molar-refractivity contribution in [3.8, 4) is 5.75 Å². The normalized spacial score (nSPS) is 10.6. The third-order valence-electron chi connectivity index (χ3n) is 2.40. The summed E-state index contributed by atoms with van der Waals surface area (Å²) in [5, 5.41) is 20.5. The molecule has 0 bridgehead atoms. The van der Waals surface area contributed by atoms with Gasteiger partial charge in [0.15, 0.2) is 0 Å². The first-order valence-corrected chi connectivity index (χ1v) is 5.07. The highest BCUT2D eigenvalue weighted by Crippen LogP contribution is 2.29. The Labute approximate surface area is 96.9 Å². The van der Waals surface area contributed by atoms with E-state index in [9.17, 15) is 9.90 Å². The number of carboxylic acid groups (broad SMARTS) is 1. The summed E-state index contributed by atoms with van der Waals surface area (Å²) in [6.45, 7) is 0. The largest absolute Gasteiger partial charge is 0.508 e. The fourth-order valence-corrected chi connectivity index (χ4v) is 1.87. The van der Waals surface area contributed by atoms with Crippen molar-refractivity contribution < 1.29 is 15.0 Å². The van der Waals surface area contributed by atoms with Crippen LogP contribution in [0.15, 0.2) is 30.3 Å². The summed E-state index contributed by atoms with van der Waals surface area (Å²) in [7, 11) is 0. The van der Waals surface area contributed by atoms with Gasteiger partial charge in [0, 0.05) is 10.6 Å². The lowest BCUT2D eigenvalue weighted by Gasteiger charge is -2.07. The van der Waals surface area contributed by atoms with Gasteiger partial charge in [-0.15, -0.1) is 0 Å². The molecule has 2 aromatic carbocycles. The maximum Gasteiger partial charge on any atom is 0.307 e. The molecule has 16 heavy (non-hydrogen) atoms. The molecule has 0 aliphatic heterocycles. The fraction of sp³-hybridized carbons (Fsp3) is 0.0833. The van der Waals surface area contributed by atoms with Crippen molar-refractivity contribution in [1.82, 2.24) is 0 Å². The second-order valence-electron chi connectivity index (χ2n) is 3.50. The van der Waals surface area contributed by atoms with Crippen LogP contribution in [0.5, 0.6) is 5.75 Å². The molecule has 4 heteroatoms. The van der Waals surface area contributed by atoms with Gasteiger partial charge in [-0.3, -0.25) is 4.79 Å². The van der Waals surface area contributed by atoms with E-state index in [-0.39, 0.29) is 12.2 Å². The molecular weight excluding hydrogens is 228 g/mol. The minimum Gasteiger partial charge on any atom is -0.508 e. The number of hydrogen-bond acceptors (Lipinski definition) is 2. The molecule has 2 rings (SSSR count). The topological polar surface area (TPSA) is 57.5 Å². The molecule has 2 aromatic rings. The molecule has 0 spiro atoms. The Morgan fingerprint density at radius 2 is 2.00 bits per heavy atom. The van der Waals surface area contributed by atoms with Gasteiger partial charge in [0.25, 0.3) is 0 Å². The summed E-state index contributed by atoms with van der Waals surface area (Å²) in [5.74, 6) is -0.977. The number of aliphatic carboxylic acids is 1. The van der Waals surface area contributed by atoms with Crippen LogP contribution in [0.4, 0.5) is 0 Å². The highest BCUT2D eigenvalue weighted by Gasteiger charge is 2.10. The van der Waals surface area contributed by atoms with Gasteiger partial charge in [0.05, 0.1) is 6.42 Å². The van der Waals surface area contributed by atoms with E-state index in [1.165, 1.54) is 6.07 Å². The smallest absolute Gasteiger partial charge is 0.307 e. The van der Waals surface area contributed by atoms with Crippen LogP contribution in [0.1, 0.15) is 5.56 Å². The number of benzene rings is 2. The number of aromatic hydroxyl groups is 1. The standard InChI is InChI=1S/C12H9ClO3/c13-8-2-3-9-7(5-8)1-4-11(14)10(9)6-12(15)16/h1-5,14H,6H2,(H,15,16). The van der Waals surface area contributed by atoms with Crippen molar-refractivity contribution in [1.29, 1.82) is 0 Å². The Morgan fingerprint density at radius 1 is 1.25 bits per heavy atom. The van der Waals surface area contributed by atoms with Crippen LogP contribution in [0.2, 0.25) is 5.02 Å². The lowest BCUT2D eigenvalue weighted by Crippen LogP contribution is -2.01. The number of carboxylic acids is 1. The quantitative estimate of drug-likeness (QED) is 0.843. The van der Waals surface area contributed by atoms with E-state index in [1.54, 1.807) is 24.3 Å². The van der Waals surface area contributed by atoms with Crippen LogP contribution in [0.25, 0.3) is 10.8 Å². The third-order valence-corrected chi connectivity index (χ3v) is 2.63. The molecule has 0 atom stereocenters. The number of carbonyl (C=O) groups is 1. The predicted molar refractivity (Wildman–Crippen MR) is 62.0 cm³/mol. The van der Waals surface area contributed by atoms with Crippen LogP contribution in [0, 0.1) is 0 Å². The van der Waals surface area contributed by atoms with Crippen molar-refractivity contribution in [2.24, 2.45) is 0 Å². The molecule has 0 aliphatic carbocycles. The van der Waals surface area contributed by atoms with E-state index >= 15 is 0 Å². The van der Waals surface area contributed by atoms with E-state index in [1.807, 2.05) is 0 Å². The second-order valence-corrected chi connectivity index (χ2v) is 3.94. The van der Waals surface area contributed by atoms with Crippen molar-refractivity contribution >= 4 is 28.3 Å².